The Kier molecular flexibility index (Phi) is 4.99. The number of fused-ring (bicyclic) bond motifs is 1. The zero-order valence-corrected chi connectivity index (χ0v) is 18.2. The molecule has 5 rings (SSSR count). The Labute approximate surface area is 186 Å². The number of nitrogens with zero attached hydrogens (tertiary/aromatic N) is 2. The molecule has 4 heterocycles. The number of thiazole rings is 1. The molecule has 1 aliphatic heterocycles. The third-order valence-corrected chi connectivity index (χ3v) is 6.13. The fourth-order valence-corrected chi connectivity index (χ4v) is 4.73. The van der Waals surface area contributed by atoms with Crippen molar-refractivity contribution in [3.05, 3.63) is 109 Å². The lowest BCUT2D eigenvalue weighted by Gasteiger charge is -2.23. The number of carbonyl (C=O) groups is 1. The average molecular weight is 446 g/mol. The number of hydrogen-bond acceptors (Lipinski definition) is 6. The fourth-order valence-electron chi connectivity index (χ4n) is 3.70. The first kappa shape index (κ1) is 20.0. The van der Waals surface area contributed by atoms with Gasteiger partial charge < -0.3 is 14.2 Å². The minimum absolute atomic E-state index is 0.262. The molecule has 3 aromatic heterocycles. The van der Waals surface area contributed by atoms with E-state index in [4.69, 9.17) is 8.83 Å². The van der Waals surface area contributed by atoms with Gasteiger partial charge in [-0.15, -0.1) is 0 Å². The molecule has 160 valence electrons. The predicted octanol–water partition coefficient (Wildman–Crippen LogP) is 3.37. The topological polar surface area (TPSA) is 89.7 Å². The van der Waals surface area contributed by atoms with Crippen LogP contribution in [0.5, 0.6) is 0 Å². The lowest BCUT2D eigenvalue weighted by Crippen LogP contribution is -2.40. The lowest BCUT2D eigenvalue weighted by molar-refractivity contribution is -0.113. The third-order valence-electron chi connectivity index (χ3n) is 5.15. The maximum atomic E-state index is 13.4. The molecule has 1 N–H and O–H groups in total. The molecular formula is C24H19N3O4S. The number of furan rings is 2. The number of carbonyl (C=O) groups excluding carboxylic acids is 1. The van der Waals surface area contributed by atoms with E-state index in [1.54, 1.807) is 49.6 Å². The molecule has 0 bridgehead atoms. The predicted molar refractivity (Wildman–Crippen MR) is 121 cm³/mol. The molecule has 32 heavy (non-hydrogen) atoms. The Bertz CT molecular complexity index is 1510. The molecule has 1 aromatic carbocycles. The van der Waals surface area contributed by atoms with Crippen LogP contribution in [-0.2, 0) is 4.79 Å². The van der Waals surface area contributed by atoms with Gasteiger partial charge in [0.05, 0.1) is 22.1 Å². The number of hydrogen-bond donors (Lipinski definition) is 1. The molecular weight excluding hydrogens is 426 g/mol. The summed E-state index contributed by atoms with van der Waals surface area (Å²) < 4.78 is 13.2. The van der Waals surface area contributed by atoms with E-state index in [-0.39, 0.29) is 11.5 Å². The number of anilines is 1. The number of nitrogens with one attached hydrogen (secondary N) is 1. The van der Waals surface area contributed by atoms with Crippen LogP contribution in [0, 0.1) is 6.92 Å². The number of allylic oxidation sites excluding steroid dienone is 1. The minimum Gasteiger partial charge on any atom is -0.465 e. The molecule has 0 aliphatic carbocycles. The second kappa shape index (κ2) is 7.97. The van der Waals surface area contributed by atoms with Crippen LogP contribution in [0.25, 0.3) is 6.08 Å². The molecule has 1 atom stereocenters. The highest BCUT2D eigenvalue weighted by Crippen LogP contribution is 2.31. The van der Waals surface area contributed by atoms with Gasteiger partial charge in [0.2, 0.25) is 0 Å². The van der Waals surface area contributed by atoms with Gasteiger partial charge in [0.15, 0.2) is 4.80 Å². The van der Waals surface area contributed by atoms with Gasteiger partial charge in [0.1, 0.15) is 23.3 Å². The SMILES string of the molecule is CC1=C(C(=O)Nc2ccccc2)[C@@H](c2ccc(C)o2)n2c(s/c(=C\c3ccco3)c2=O)=N1. The average Bonchev–Trinajstić information content (AvgIpc) is 3.50. The number of rotatable bonds is 4. The van der Waals surface area contributed by atoms with E-state index in [2.05, 4.69) is 10.3 Å². The third kappa shape index (κ3) is 3.54. The molecule has 0 radical (unpaired) electrons. The van der Waals surface area contributed by atoms with Crippen molar-refractivity contribution in [2.75, 3.05) is 5.32 Å². The summed E-state index contributed by atoms with van der Waals surface area (Å²) in [5.74, 6) is 1.42. The van der Waals surface area contributed by atoms with Crippen LogP contribution in [0.15, 0.2) is 90.8 Å². The Balaban J connectivity index is 1.68. The van der Waals surface area contributed by atoms with Crippen LogP contribution in [0.1, 0.15) is 30.2 Å². The smallest absolute Gasteiger partial charge is 0.271 e. The fraction of sp³-hybridized carbons (Fsp3) is 0.125. The zero-order valence-electron chi connectivity index (χ0n) is 17.4. The zero-order chi connectivity index (χ0) is 22.2. The van der Waals surface area contributed by atoms with Crippen LogP contribution in [0.3, 0.4) is 0 Å². The van der Waals surface area contributed by atoms with E-state index in [1.165, 1.54) is 15.9 Å². The van der Waals surface area contributed by atoms with Gasteiger partial charge in [0.25, 0.3) is 11.5 Å². The van der Waals surface area contributed by atoms with Crippen molar-refractivity contribution in [1.82, 2.24) is 4.57 Å². The maximum absolute atomic E-state index is 13.4. The van der Waals surface area contributed by atoms with E-state index in [0.29, 0.717) is 43.6 Å². The number of aryl methyl sites for hydroxylation is 1. The molecule has 0 unspecified atom stereocenters. The monoisotopic (exact) mass is 445 g/mol. The van der Waals surface area contributed by atoms with Crippen LogP contribution >= 0.6 is 11.3 Å². The first-order valence-electron chi connectivity index (χ1n) is 10.00. The van der Waals surface area contributed by atoms with Gasteiger partial charge >= 0.3 is 0 Å². The second-order valence-corrected chi connectivity index (χ2v) is 8.37. The van der Waals surface area contributed by atoms with Gasteiger partial charge in [-0.05, 0) is 50.2 Å². The summed E-state index contributed by atoms with van der Waals surface area (Å²) in [6, 6.07) is 15.6. The molecule has 7 nitrogen and oxygen atoms in total. The van der Waals surface area contributed by atoms with Crippen molar-refractivity contribution in [2.24, 2.45) is 4.99 Å². The second-order valence-electron chi connectivity index (χ2n) is 7.37. The van der Waals surface area contributed by atoms with Gasteiger partial charge in [-0.1, -0.05) is 29.5 Å². The quantitative estimate of drug-likeness (QED) is 0.522. The molecule has 8 heteroatoms. The van der Waals surface area contributed by atoms with E-state index in [1.807, 2.05) is 31.2 Å². The lowest BCUT2D eigenvalue weighted by atomic mass is 10.00. The standard InChI is InChI=1S/C24H19N3O4S/c1-14-10-11-18(31-14)21-20(22(28)26-16-7-4-3-5-8-16)15(2)25-24-27(21)23(29)19(32-24)13-17-9-6-12-30-17/h3-13,21H,1-2H3,(H,26,28)/b19-13-/t21-/m1/s1. The van der Waals surface area contributed by atoms with Crippen molar-refractivity contribution >= 4 is 29.0 Å². The van der Waals surface area contributed by atoms with Gasteiger partial charge in [-0.2, -0.15) is 0 Å². The van der Waals surface area contributed by atoms with Crippen LogP contribution < -0.4 is 20.2 Å². The molecule has 0 fully saturated rings. The highest BCUT2D eigenvalue weighted by Gasteiger charge is 2.34. The van der Waals surface area contributed by atoms with E-state index in [0.717, 1.165) is 0 Å². The molecule has 0 spiro atoms. The first-order chi connectivity index (χ1) is 15.5. The highest BCUT2D eigenvalue weighted by molar-refractivity contribution is 7.07. The Morgan fingerprint density at radius 3 is 2.62 bits per heavy atom. The summed E-state index contributed by atoms with van der Waals surface area (Å²) in [5.41, 5.74) is 1.28. The number of benzene rings is 1. The minimum atomic E-state index is -0.734. The van der Waals surface area contributed by atoms with Crippen molar-refractivity contribution in [2.45, 2.75) is 19.9 Å². The first-order valence-corrected chi connectivity index (χ1v) is 10.8. The maximum Gasteiger partial charge on any atom is 0.271 e. The summed E-state index contributed by atoms with van der Waals surface area (Å²) in [4.78, 5) is 31.8. The van der Waals surface area contributed by atoms with E-state index >= 15 is 0 Å². The summed E-state index contributed by atoms with van der Waals surface area (Å²) in [6.07, 6.45) is 3.23. The number of amides is 1. The molecule has 4 aromatic rings. The highest BCUT2D eigenvalue weighted by atomic mass is 32.1. The van der Waals surface area contributed by atoms with Gasteiger partial charge in [0, 0.05) is 11.8 Å². The van der Waals surface area contributed by atoms with Crippen molar-refractivity contribution < 1.29 is 13.6 Å². The van der Waals surface area contributed by atoms with Gasteiger partial charge in [-0.25, -0.2) is 4.99 Å². The molecule has 1 aliphatic rings. The van der Waals surface area contributed by atoms with Crippen molar-refractivity contribution in [3.8, 4) is 0 Å². The van der Waals surface area contributed by atoms with E-state index < -0.39 is 6.04 Å². The van der Waals surface area contributed by atoms with Gasteiger partial charge in [-0.3, -0.25) is 14.2 Å². The largest absolute Gasteiger partial charge is 0.465 e. The van der Waals surface area contributed by atoms with Crippen molar-refractivity contribution in [3.63, 3.8) is 0 Å². The molecule has 0 saturated carbocycles. The summed E-state index contributed by atoms with van der Waals surface area (Å²) in [5, 5.41) is 2.91. The summed E-state index contributed by atoms with van der Waals surface area (Å²) >= 11 is 1.25. The normalized spacial score (nSPS) is 16.1. The van der Waals surface area contributed by atoms with E-state index in [9.17, 15) is 9.59 Å². The molecule has 0 saturated heterocycles. The number of aromatic nitrogens is 1. The van der Waals surface area contributed by atoms with Crippen molar-refractivity contribution in [1.29, 1.82) is 0 Å². The summed E-state index contributed by atoms with van der Waals surface area (Å²) in [6.45, 7) is 3.59. The van der Waals surface area contributed by atoms with Crippen LogP contribution in [-0.4, -0.2) is 10.5 Å². The van der Waals surface area contributed by atoms with Crippen LogP contribution in [0.4, 0.5) is 5.69 Å². The molecule has 1 amide bonds. The Morgan fingerprint density at radius 1 is 1.12 bits per heavy atom. The number of para-hydroxylation sites is 1. The summed E-state index contributed by atoms with van der Waals surface area (Å²) in [7, 11) is 0. The Hall–Kier alpha value is -3.91. The Morgan fingerprint density at radius 2 is 1.94 bits per heavy atom. The van der Waals surface area contributed by atoms with Crippen LogP contribution in [0.2, 0.25) is 0 Å².